The van der Waals surface area contributed by atoms with E-state index in [-0.39, 0.29) is 12.5 Å². The number of aliphatic hydroxyl groups excluding tert-OH is 2. The second-order valence-corrected chi connectivity index (χ2v) is 25.3. The van der Waals surface area contributed by atoms with Crippen LogP contribution in [0.5, 0.6) is 0 Å². The van der Waals surface area contributed by atoms with Gasteiger partial charge in [0.2, 0.25) is 5.91 Å². The van der Waals surface area contributed by atoms with E-state index in [0.717, 1.165) is 70.6 Å². The predicted molar refractivity (Wildman–Crippen MR) is 377 cm³/mol. The van der Waals surface area contributed by atoms with Gasteiger partial charge >= 0.3 is 0 Å². The fourth-order valence-electron chi connectivity index (χ4n) is 11.4. The summed E-state index contributed by atoms with van der Waals surface area (Å²) < 4.78 is 0. The molecule has 488 valence electrons. The molecule has 84 heavy (non-hydrogen) atoms. The summed E-state index contributed by atoms with van der Waals surface area (Å²) in [7, 11) is 0. The predicted octanol–water partition coefficient (Wildman–Crippen LogP) is 25.9. The van der Waals surface area contributed by atoms with Crippen molar-refractivity contribution in [2.24, 2.45) is 0 Å². The maximum Gasteiger partial charge on any atom is 0.220 e. The van der Waals surface area contributed by atoms with E-state index in [9.17, 15) is 15.0 Å². The third-order valence-corrected chi connectivity index (χ3v) is 17.0. The largest absolute Gasteiger partial charge is 0.394 e. The third-order valence-electron chi connectivity index (χ3n) is 17.0. The minimum absolute atomic E-state index is 0.0730. The summed E-state index contributed by atoms with van der Waals surface area (Å²) in [5, 5.41) is 23.3. The molecule has 2 unspecified atom stereocenters. The summed E-state index contributed by atoms with van der Waals surface area (Å²) in [5.41, 5.74) is 0. The Morgan fingerprint density at radius 2 is 0.536 bits per heavy atom. The van der Waals surface area contributed by atoms with E-state index in [2.05, 4.69) is 104 Å². The van der Waals surface area contributed by atoms with E-state index >= 15 is 0 Å². The lowest BCUT2D eigenvalue weighted by Crippen LogP contribution is -2.45. The lowest BCUT2D eigenvalue weighted by atomic mass is 10.0. The van der Waals surface area contributed by atoms with Gasteiger partial charge in [-0.2, -0.15) is 0 Å². The zero-order chi connectivity index (χ0) is 60.5. The van der Waals surface area contributed by atoms with Crippen LogP contribution in [0.2, 0.25) is 0 Å². The van der Waals surface area contributed by atoms with E-state index in [1.807, 2.05) is 6.08 Å². The van der Waals surface area contributed by atoms with Crippen molar-refractivity contribution in [3.05, 3.63) is 97.2 Å². The lowest BCUT2D eigenvalue weighted by Gasteiger charge is -2.19. The van der Waals surface area contributed by atoms with Crippen LogP contribution in [0.4, 0.5) is 0 Å². The Hall–Kier alpha value is -2.69. The molecule has 0 aromatic carbocycles. The van der Waals surface area contributed by atoms with Crippen LogP contribution < -0.4 is 5.32 Å². The molecule has 3 N–H and O–H groups in total. The van der Waals surface area contributed by atoms with Crippen LogP contribution in [0.3, 0.4) is 0 Å². The van der Waals surface area contributed by atoms with Crippen molar-refractivity contribution in [2.45, 2.75) is 398 Å². The average molecular weight is 1170 g/mol. The SMILES string of the molecule is CC/C=C\C/C=C\C/C=C\C/C=C\C/C=C\CCCCCCCCCCCCCCCCCCCCCCCCCC(=O)NC(CO)C(O)/C=C/CC/C=C/CC/C=C/CCCCCCCCCCCCCCCCCCCCCCCCC. The Kier molecular flexibility index (Phi) is 72.2. The average Bonchev–Trinajstić information content (AvgIpc) is 3.51. The van der Waals surface area contributed by atoms with Gasteiger partial charge in [-0.3, -0.25) is 4.79 Å². The van der Waals surface area contributed by atoms with Crippen LogP contribution in [-0.2, 0) is 4.79 Å². The first-order valence-corrected chi connectivity index (χ1v) is 37.5. The number of carbonyl (C=O) groups excluding carboxylic acids is 1. The molecule has 0 aliphatic rings. The molecule has 0 rings (SSSR count). The molecular weight excluding hydrogens is 1020 g/mol. The van der Waals surface area contributed by atoms with E-state index in [1.54, 1.807) is 6.08 Å². The summed E-state index contributed by atoms with van der Waals surface area (Å²) in [6, 6.07) is -0.650. The first-order chi connectivity index (χ1) is 41.7. The van der Waals surface area contributed by atoms with Gasteiger partial charge in [-0.05, 0) is 89.9 Å². The van der Waals surface area contributed by atoms with Gasteiger partial charge in [-0.25, -0.2) is 0 Å². The summed E-state index contributed by atoms with van der Waals surface area (Å²) in [4.78, 5) is 12.6. The van der Waals surface area contributed by atoms with Gasteiger partial charge in [0.1, 0.15) is 0 Å². The lowest BCUT2D eigenvalue weighted by molar-refractivity contribution is -0.123. The van der Waals surface area contributed by atoms with Crippen molar-refractivity contribution >= 4 is 5.91 Å². The van der Waals surface area contributed by atoms with Crippen molar-refractivity contribution in [3.63, 3.8) is 0 Å². The van der Waals surface area contributed by atoms with Gasteiger partial charge in [0.05, 0.1) is 18.8 Å². The Balaban J connectivity index is 3.47. The first kappa shape index (κ1) is 81.3. The number of hydrogen-bond donors (Lipinski definition) is 3. The molecule has 0 aromatic rings. The molecule has 0 saturated carbocycles. The highest BCUT2D eigenvalue weighted by atomic mass is 16.3. The second kappa shape index (κ2) is 74.6. The normalized spacial score (nSPS) is 13.2. The number of amides is 1. The Morgan fingerprint density at radius 3 is 0.833 bits per heavy atom. The van der Waals surface area contributed by atoms with Crippen molar-refractivity contribution in [3.8, 4) is 0 Å². The Morgan fingerprint density at radius 1 is 0.298 bits per heavy atom. The van der Waals surface area contributed by atoms with Crippen molar-refractivity contribution in [1.29, 1.82) is 0 Å². The molecule has 4 heteroatoms. The van der Waals surface area contributed by atoms with E-state index in [1.165, 1.54) is 295 Å². The van der Waals surface area contributed by atoms with Crippen LogP contribution in [0, 0.1) is 0 Å². The molecule has 1 amide bonds. The number of nitrogens with one attached hydrogen (secondary N) is 1. The zero-order valence-corrected chi connectivity index (χ0v) is 56.4. The summed E-state index contributed by atoms with van der Waals surface area (Å²) >= 11 is 0. The molecule has 0 aliphatic heterocycles. The number of rotatable bonds is 69. The zero-order valence-electron chi connectivity index (χ0n) is 56.4. The van der Waals surface area contributed by atoms with Crippen LogP contribution in [0.1, 0.15) is 386 Å². The fraction of sp³-hybridized carbons (Fsp3) is 0.787. The molecule has 0 aliphatic carbocycles. The van der Waals surface area contributed by atoms with Crippen molar-refractivity contribution in [1.82, 2.24) is 5.32 Å². The standard InChI is InChI=1S/C80H145NO3/c1-3-5-7-9-11-13-15-17-19-21-23-25-27-29-31-33-35-37-38-39-40-41-42-44-46-48-50-52-54-56-58-60-62-64-66-68-70-72-74-76-80(84)81-78(77-82)79(83)75-73-71-69-67-65-63-61-59-57-55-53-51-49-47-45-43-36-34-32-30-28-26-24-22-20-18-16-14-12-10-8-6-4-2/h5,7,11,13,17,19,23,25,29,31,57,59,65,67,73,75,78-79,82-83H,3-4,6,8-10,12,14-16,18,20-22,24,26-28,30,32-56,58,60-64,66,68-72,74,76-77H2,1-2H3,(H,81,84)/b7-5-,13-11-,19-17-,25-23-,31-29-,59-57+,67-65+,75-73+. The van der Waals surface area contributed by atoms with Gasteiger partial charge in [0.15, 0.2) is 0 Å². The number of allylic oxidation sites excluding steroid dienone is 15. The smallest absolute Gasteiger partial charge is 0.220 e. The summed E-state index contributed by atoms with van der Waals surface area (Å²) in [6.45, 7) is 4.21. The molecule has 0 bridgehead atoms. The molecule has 0 spiro atoms. The first-order valence-electron chi connectivity index (χ1n) is 37.5. The number of carbonyl (C=O) groups is 1. The van der Waals surface area contributed by atoms with Crippen LogP contribution in [-0.4, -0.2) is 34.9 Å². The Bertz CT molecular complexity index is 1520. The van der Waals surface area contributed by atoms with E-state index < -0.39 is 12.1 Å². The fourth-order valence-corrected chi connectivity index (χ4v) is 11.4. The molecule has 2 atom stereocenters. The molecule has 4 nitrogen and oxygen atoms in total. The van der Waals surface area contributed by atoms with Crippen LogP contribution in [0.15, 0.2) is 97.2 Å². The molecular formula is C80H145NO3. The summed E-state index contributed by atoms with van der Waals surface area (Å²) in [5.74, 6) is -0.0730. The van der Waals surface area contributed by atoms with Crippen LogP contribution in [0.25, 0.3) is 0 Å². The van der Waals surface area contributed by atoms with Gasteiger partial charge in [-0.1, -0.05) is 387 Å². The molecule has 0 aromatic heterocycles. The monoisotopic (exact) mass is 1170 g/mol. The van der Waals surface area contributed by atoms with Gasteiger partial charge in [0, 0.05) is 6.42 Å². The van der Waals surface area contributed by atoms with E-state index in [4.69, 9.17) is 0 Å². The van der Waals surface area contributed by atoms with Crippen molar-refractivity contribution in [2.75, 3.05) is 6.61 Å². The minimum atomic E-state index is -0.875. The number of unbranched alkanes of at least 4 members (excludes halogenated alkanes) is 48. The topological polar surface area (TPSA) is 69.6 Å². The maximum absolute atomic E-state index is 12.6. The third kappa shape index (κ3) is 70.1. The van der Waals surface area contributed by atoms with Gasteiger partial charge in [-0.15, -0.1) is 0 Å². The van der Waals surface area contributed by atoms with Crippen LogP contribution >= 0.6 is 0 Å². The molecule has 0 fully saturated rings. The highest BCUT2D eigenvalue weighted by molar-refractivity contribution is 5.76. The second-order valence-electron chi connectivity index (χ2n) is 25.3. The maximum atomic E-state index is 12.6. The number of aliphatic hydroxyl groups is 2. The quantitative estimate of drug-likeness (QED) is 0.0420. The molecule has 0 saturated heterocycles. The van der Waals surface area contributed by atoms with E-state index in [0.29, 0.717) is 6.42 Å². The van der Waals surface area contributed by atoms with Crippen molar-refractivity contribution < 1.29 is 15.0 Å². The summed E-state index contributed by atoms with van der Waals surface area (Å²) in [6.07, 6.45) is 111. The molecule has 0 heterocycles. The number of hydrogen-bond acceptors (Lipinski definition) is 3. The highest BCUT2D eigenvalue weighted by Gasteiger charge is 2.18. The molecule has 0 radical (unpaired) electrons. The minimum Gasteiger partial charge on any atom is -0.394 e. The van der Waals surface area contributed by atoms with Gasteiger partial charge in [0.25, 0.3) is 0 Å². The highest BCUT2D eigenvalue weighted by Crippen LogP contribution is 2.19. The van der Waals surface area contributed by atoms with Gasteiger partial charge < -0.3 is 15.5 Å². The Labute approximate surface area is 525 Å².